The molecule has 0 atom stereocenters. The van der Waals surface area contributed by atoms with Crippen molar-refractivity contribution in [3.63, 3.8) is 0 Å². The molecule has 1 saturated carbocycles. The van der Waals surface area contributed by atoms with Crippen molar-refractivity contribution < 1.29 is 0 Å². The number of benzene rings is 1. The maximum absolute atomic E-state index is 5.78. The van der Waals surface area contributed by atoms with Crippen LogP contribution < -0.4 is 11.1 Å². The first-order chi connectivity index (χ1) is 8.59. The Morgan fingerprint density at radius 1 is 1.44 bits per heavy atom. The fourth-order valence-corrected chi connectivity index (χ4v) is 3.30. The zero-order valence-corrected chi connectivity index (χ0v) is 11.7. The number of hydrogen-bond acceptors (Lipinski definition) is 4. The smallest absolute Gasteiger partial charge is 0.183 e. The third kappa shape index (κ3) is 2.05. The molecule has 3 nitrogen and oxygen atoms in total. The molecule has 2 aromatic rings. The van der Waals surface area contributed by atoms with Crippen LogP contribution in [0.25, 0.3) is 10.2 Å². The molecule has 1 heterocycles. The van der Waals surface area contributed by atoms with Gasteiger partial charge in [-0.25, -0.2) is 4.98 Å². The van der Waals surface area contributed by atoms with Gasteiger partial charge in [0.2, 0.25) is 0 Å². The summed E-state index contributed by atoms with van der Waals surface area (Å²) in [7, 11) is 0. The predicted molar refractivity (Wildman–Crippen MR) is 79.0 cm³/mol. The lowest BCUT2D eigenvalue weighted by atomic mass is 9.92. The van der Waals surface area contributed by atoms with Gasteiger partial charge in [0, 0.05) is 12.2 Å². The summed E-state index contributed by atoms with van der Waals surface area (Å²) in [5.41, 5.74) is 8.13. The van der Waals surface area contributed by atoms with Crippen molar-refractivity contribution in [1.29, 1.82) is 0 Å². The van der Waals surface area contributed by atoms with E-state index in [0.29, 0.717) is 5.41 Å². The number of nitrogen functional groups attached to an aromatic ring is 1. The number of anilines is 2. The lowest BCUT2D eigenvalue weighted by Gasteiger charge is -2.19. The molecule has 0 bridgehead atoms. The van der Waals surface area contributed by atoms with Gasteiger partial charge in [-0.3, -0.25) is 0 Å². The molecule has 0 amide bonds. The molecule has 0 spiro atoms. The SMILES string of the molecule is CC(C)C1(CNc2nc3ccc(N)cc3s2)CC1. The van der Waals surface area contributed by atoms with Crippen molar-refractivity contribution in [2.75, 3.05) is 17.6 Å². The Hall–Kier alpha value is -1.29. The number of fused-ring (bicyclic) bond motifs is 1. The van der Waals surface area contributed by atoms with E-state index in [1.165, 1.54) is 12.8 Å². The van der Waals surface area contributed by atoms with Crippen LogP contribution in [-0.2, 0) is 0 Å². The fourth-order valence-electron chi connectivity index (χ4n) is 2.39. The monoisotopic (exact) mass is 261 g/mol. The van der Waals surface area contributed by atoms with Crippen LogP contribution in [0.1, 0.15) is 26.7 Å². The first-order valence-corrected chi connectivity index (χ1v) is 7.31. The lowest BCUT2D eigenvalue weighted by Crippen LogP contribution is -2.20. The molecule has 3 N–H and O–H groups in total. The van der Waals surface area contributed by atoms with Gasteiger partial charge in [-0.05, 0) is 42.4 Å². The van der Waals surface area contributed by atoms with Crippen LogP contribution >= 0.6 is 11.3 Å². The minimum absolute atomic E-state index is 0.511. The van der Waals surface area contributed by atoms with Crippen LogP contribution in [0.15, 0.2) is 18.2 Å². The number of nitrogens with zero attached hydrogens (tertiary/aromatic N) is 1. The third-order valence-electron chi connectivity index (χ3n) is 4.12. The molecule has 0 aliphatic heterocycles. The second-order valence-corrected chi connectivity index (χ2v) is 6.65. The summed E-state index contributed by atoms with van der Waals surface area (Å²) in [6.07, 6.45) is 2.69. The van der Waals surface area contributed by atoms with Crippen LogP contribution in [0.3, 0.4) is 0 Å². The summed E-state index contributed by atoms with van der Waals surface area (Å²) in [4.78, 5) is 4.60. The number of nitrogens with two attached hydrogens (primary N) is 1. The minimum atomic E-state index is 0.511. The largest absolute Gasteiger partial charge is 0.399 e. The lowest BCUT2D eigenvalue weighted by molar-refractivity contribution is 0.380. The van der Waals surface area contributed by atoms with Crippen molar-refractivity contribution >= 4 is 32.4 Å². The van der Waals surface area contributed by atoms with Crippen molar-refractivity contribution in [2.45, 2.75) is 26.7 Å². The molecule has 0 radical (unpaired) electrons. The van der Waals surface area contributed by atoms with E-state index in [2.05, 4.69) is 24.1 Å². The maximum Gasteiger partial charge on any atom is 0.183 e. The summed E-state index contributed by atoms with van der Waals surface area (Å²) >= 11 is 1.69. The van der Waals surface area contributed by atoms with Gasteiger partial charge in [0.1, 0.15) is 0 Å². The first-order valence-electron chi connectivity index (χ1n) is 6.49. The number of nitrogens with one attached hydrogen (secondary N) is 1. The average molecular weight is 261 g/mol. The molecular formula is C14H19N3S. The summed E-state index contributed by atoms with van der Waals surface area (Å²) in [6, 6.07) is 5.89. The van der Waals surface area contributed by atoms with E-state index in [-0.39, 0.29) is 0 Å². The molecule has 0 saturated heterocycles. The molecule has 3 rings (SSSR count). The van der Waals surface area contributed by atoms with E-state index < -0.39 is 0 Å². The Labute approximate surface area is 111 Å². The molecule has 1 aliphatic rings. The van der Waals surface area contributed by atoms with E-state index >= 15 is 0 Å². The van der Waals surface area contributed by atoms with Crippen molar-refractivity contribution in [1.82, 2.24) is 4.98 Å². The first kappa shape index (κ1) is 11.8. The molecule has 0 unspecified atom stereocenters. The highest BCUT2D eigenvalue weighted by atomic mass is 32.1. The molecule has 4 heteroatoms. The van der Waals surface area contributed by atoms with E-state index in [1.807, 2.05) is 18.2 Å². The van der Waals surface area contributed by atoms with Gasteiger partial charge in [-0.15, -0.1) is 0 Å². The quantitative estimate of drug-likeness (QED) is 0.825. The summed E-state index contributed by atoms with van der Waals surface area (Å²) < 4.78 is 1.16. The van der Waals surface area contributed by atoms with Crippen LogP contribution in [0, 0.1) is 11.3 Å². The third-order valence-corrected chi connectivity index (χ3v) is 5.10. The topological polar surface area (TPSA) is 50.9 Å². The number of rotatable bonds is 4. The Morgan fingerprint density at radius 2 is 2.22 bits per heavy atom. The van der Waals surface area contributed by atoms with Gasteiger partial charge < -0.3 is 11.1 Å². The number of thiazole rings is 1. The Kier molecular flexibility index (Phi) is 2.70. The van der Waals surface area contributed by atoms with Crippen molar-refractivity contribution in [3.05, 3.63) is 18.2 Å². The standard InChI is InChI=1S/C14H19N3S/c1-9(2)14(5-6-14)8-16-13-17-11-4-3-10(15)7-12(11)18-13/h3-4,7,9H,5-6,8,15H2,1-2H3,(H,16,17). The Bertz CT molecular complexity index is 569. The van der Waals surface area contributed by atoms with Crippen LogP contribution in [0.2, 0.25) is 0 Å². The fraction of sp³-hybridized carbons (Fsp3) is 0.500. The summed E-state index contributed by atoms with van der Waals surface area (Å²) in [5, 5.41) is 4.52. The molecule has 18 heavy (non-hydrogen) atoms. The molecule has 1 aromatic carbocycles. The zero-order chi connectivity index (χ0) is 12.8. The van der Waals surface area contributed by atoms with Gasteiger partial charge in [-0.1, -0.05) is 25.2 Å². The van der Waals surface area contributed by atoms with Gasteiger partial charge >= 0.3 is 0 Å². The van der Waals surface area contributed by atoms with Crippen LogP contribution in [-0.4, -0.2) is 11.5 Å². The van der Waals surface area contributed by atoms with E-state index in [0.717, 1.165) is 33.5 Å². The zero-order valence-electron chi connectivity index (χ0n) is 10.9. The molecule has 1 fully saturated rings. The minimum Gasteiger partial charge on any atom is -0.399 e. The van der Waals surface area contributed by atoms with Gasteiger partial charge in [-0.2, -0.15) is 0 Å². The highest BCUT2D eigenvalue weighted by molar-refractivity contribution is 7.22. The predicted octanol–water partition coefficient (Wildman–Crippen LogP) is 3.73. The molecular weight excluding hydrogens is 242 g/mol. The Morgan fingerprint density at radius 3 is 2.89 bits per heavy atom. The number of aromatic nitrogens is 1. The van der Waals surface area contributed by atoms with Gasteiger partial charge in [0.15, 0.2) is 5.13 Å². The second kappa shape index (κ2) is 4.12. The molecule has 1 aromatic heterocycles. The summed E-state index contributed by atoms with van der Waals surface area (Å²) in [5.74, 6) is 0.745. The summed E-state index contributed by atoms with van der Waals surface area (Å²) in [6.45, 7) is 5.67. The Balaban J connectivity index is 1.75. The van der Waals surface area contributed by atoms with Gasteiger partial charge in [0.05, 0.1) is 10.2 Å². The van der Waals surface area contributed by atoms with Crippen molar-refractivity contribution in [2.24, 2.45) is 11.3 Å². The second-order valence-electron chi connectivity index (χ2n) is 5.62. The normalized spacial score (nSPS) is 17.3. The van der Waals surface area contributed by atoms with Crippen LogP contribution in [0.4, 0.5) is 10.8 Å². The maximum atomic E-state index is 5.78. The van der Waals surface area contributed by atoms with Crippen LogP contribution in [0.5, 0.6) is 0 Å². The highest BCUT2D eigenvalue weighted by Gasteiger charge is 2.45. The average Bonchev–Trinajstić information content (AvgIpc) is 3.02. The number of hydrogen-bond donors (Lipinski definition) is 2. The molecule has 1 aliphatic carbocycles. The molecule has 96 valence electrons. The van der Waals surface area contributed by atoms with Crippen molar-refractivity contribution in [3.8, 4) is 0 Å². The van der Waals surface area contributed by atoms with E-state index in [9.17, 15) is 0 Å². The van der Waals surface area contributed by atoms with E-state index in [4.69, 9.17) is 5.73 Å². The van der Waals surface area contributed by atoms with E-state index in [1.54, 1.807) is 11.3 Å². The highest BCUT2D eigenvalue weighted by Crippen LogP contribution is 2.51. The van der Waals surface area contributed by atoms with Gasteiger partial charge in [0.25, 0.3) is 0 Å².